The topological polar surface area (TPSA) is 94.2 Å². The molecule has 0 aliphatic carbocycles. The van der Waals surface area contributed by atoms with E-state index in [1.807, 2.05) is 0 Å². The summed E-state index contributed by atoms with van der Waals surface area (Å²) in [5.74, 6) is 0. The van der Waals surface area contributed by atoms with E-state index >= 15 is 0 Å². The van der Waals surface area contributed by atoms with Crippen LogP contribution in [0.5, 0.6) is 0 Å². The first-order valence-corrected chi connectivity index (χ1v) is 5.42. The molecule has 1 aliphatic heterocycles. The van der Waals surface area contributed by atoms with Crippen LogP contribution >= 0.6 is 0 Å². The molecule has 6 nitrogen and oxygen atoms in total. The number of aliphatic hydroxyl groups excluding tert-OH is 2. The molecule has 0 amide bonds. The maximum atomic E-state index is 9.80. The number of rotatable bonds is 6. The molecule has 7 heteroatoms. The van der Waals surface area contributed by atoms with Crippen molar-refractivity contribution in [3.05, 3.63) is 0 Å². The zero-order chi connectivity index (χ0) is 12.1. The van der Waals surface area contributed by atoms with Gasteiger partial charge in [0.15, 0.2) is 0 Å². The van der Waals surface area contributed by atoms with Crippen molar-refractivity contribution in [1.82, 2.24) is 0 Å². The van der Waals surface area contributed by atoms with Crippen LogP contribution in [0.3, 0.4) is 0 Å². The van der Waals surface area contributed by atoms with E-state index < -0.39 is 18.3 Å². The molecular weight excluding hydrogens is 213 g/mol. The highest BCUT2D eigenvalue weighted by Gasteiger charge is 2.41. The van der Waals surface area contributed by atoms with Gasteiger partial charge in [-0.3, -0.25) is 0 Å². The van der Waals surface area contributed by atoms with Crippen LogP contribution in [0.4, 0.5) is 0 Å². The van der Waals surface area contributed by atoms with Gasteiger partial charge in [-0.05, 0) is 0 Å². The Bertz CT molecular complexity index is 204. The molecule has 1 aliphatic rings. The Balaban J connectivity index is 2.41. The molecule has 4 N–H and O–H groups in total. The standard InChI is InChI=1S/C9H20BNO5/c1-14-5(2-11)4-15-8-7(13)6(3-12)16-9(8)10/h5-9,12-13H,2-4,10-11H2,1H3/t5?,6-,7?,8?,9-/m1/s1. The third-order valence-corrected chi connectivity index (χ3v) is 2.82. The molecule has 1 heterocycles. The van der Waals surface area contributed by atoms with Crippen molar-refractivity contribution in [1.29, 1.82) is 0 Å². The predicted octanol–water partition coefficient (Wildman–Crippen LogP) is -2.94. The molecule has 0 spiro atoms. The van der Waals surface area contributed by atoms with Gasteiger partial charge in [-0.25, -0.2) is 0 Å². The molecule has 3 unspecified atom stereocenters. The van der Waals surface area contributed by atoms with Crippen LogP contribution < -0.4 is 5.73 Å². The SMILES string of the molecule is B[C@@H]1O[C@H](CO)C(O)C1OCC(CN)OC. The van der Waals surface area contributed by atoms with Gasteiger partial charge in [0.05, 0.1) is 25.3 Å². The smallest absolute Gasteiger partial charge is 0.142 e. The van der Waals surface area contributed by atoms with Crippen molar-refractivity contribution >= 4 is 7.85 Å². The maximum Gasteiger partial charge on any atom is 0.142 e. The maximum absolute atomic E-state index is 9.80. The molecule has 16 heavy (non-hydrogen) atoms. The lowest BCUT2D eigenvalue weighted by molar-refractivity contribution is -0.0632. The van der Waals surface area contributed by atoms with Crippen molar-refractivity contribution in [2.45, 2.75) is 30.4 Å². The minimum atomic E-state index is -0.810. The quantitative estimate of drug-likeness (QED) is 0.425. The largest absolute Gasteiger partial charge is 0.394 e. The third-order valence-electron chi connectivity index (χ3n) is 2.82. The van der Waals surface area contributed by atoms with Gasteiger partial charge in [-0.1, -0.05) is 0 Å². The molecule has 1 rings (SSSR count). The van der Waals surface area contributed by atoms with E-state index in [1.54, 1.807) is 15.0 Å². The first kappa shape index (κ1) is 13.9. The van der Waals surface area contributed by atoms with Gasteiger partial charge in [0, 0.05) is 13.7 Å². The molecule has 0 radical (unpaired) electrons. The summed E-state index contributed by atoms with van der Waals surface area (Å²) < 4.78 is 15.9. The molecular formula is C9H20BNO5. The van der Waals surface area contributed by atoms with Crippen molar-refractivity contribution in [2.24, 2.45) is 5.73 Å². The van der Waals surface area contributed by atoms with Gasteiger partial charge in [0.2, 0.25) is 0 Å². The molecule has 1 fully saturated rings. The Morgan fingerprint density at radius 1 is 1.56 bits per heavy atom. The fourth-order valence-corrected chi connectivity index (χ4v) is 1.76. The Morgan fingerprint density at radius 3 is 2.69 bits per heavy atom. The summed E-state index contributed by atoms with van der Waals surface area (Å²) in [4.78, 5) is 0. The van der Waals surface area contributed by atoms with Crippen molar-refractivity contribution in [3.8, 4) is 0 Å². The Hall–Kier alpha value is -0.175. The van der Waals surface area contributed by atoms with E-state index in [0.29, 0.717) is 13.2 Å². The molecule has 0 saturated carbocycles. The van der Waals surface area contributed by atoms with Gasteiger partial charge in [-0.2, -0.15) is 0 Å². The van der Waals surface area contributed by atoms with Crippen LogP contribution in [0.15, 0.2) is 0 Å². The van der Waals surface area contributed by atoms with Gasteiger partial charge < -0.3 is 30.2 Å². The van der Waals surface area contributed by atoms with Gasteiger partial charge in [-0.15, -0.1) is 0 Å². The normalized spacial score (nSPS) is 36.5. The molecule has 0 aromatic rings. The summed E-state index contributed by atoms with van der Waals surface area (Å²) >= 11 is 0. The number of aliphatic hydroxyl groups is 2. The summed E-state index contributed by atoms with van der Waals surface area (Å²) in [5, 5.41) is 18.8. The second-order valence-electron chi connectivity index (χ2n) is 3.94. The van der Waals surface area contributed by atoms with E-state index in [4.69, 9.17) is 25.1 Å². The highest BCUT2D eigenvalue weighted by molar-refractivity contribution is 6.11. The number of methoxy groups -OCH3 is 1. The second-order valence-corrected chi connectivity index (χ2v) is 3.94. The molecule has 94 valence electrons. The number of hydrogen-bond acceptors (Lipinski definition) is 6. The van der Waals surface area contributed by atoms with Crippen LogP contribution in [0.2, 0.25) is 0 Å². The minimum Gasteiger partial charge on any atom is -0.394 e. The van der Waals surface area contributed by atoms with Gasteiger partial charge in [0.1, 0.15) is 26.2 Å². The molecule has 0 bridgehead atoms. The third kappa shape index (κ3) is 3.16. The number of ether oxygens (including phenoxy) is 3. The van der Waals surface area contributed by atoms with Crippen LogP contribution in [0.25, 0.3) is 0 Å². The fourth-order valence-electron chi connectivity index (χ4n) is 1.76. The minimum absolute atomic E-state index is 0.187. The fraction of sp³-hybridized carbons (Fsp3) is 1.00. The Labute approximate surface area is 96.1 Å². The van der Waals surface area contributed by atoms with Crippen molar-refractivity contribution in [2.75, 3.05) is 26.9 Å². The zero-order valence-electron chi connectivity index (χ0n) is 9.70. The van der Waals surface area contributed by atoms with E-state index in [9.17, 15) is 5.11 Å². The lowest BCUT2D eigenvalue weighted by Crippen LogP contribution is -2.39. The highest BCUT2D eigenvalue weighted by Crippen LogP contribution is 2.22. The lowest BCUT2D eigenvalue weighted by atomic mass is 9.93. The zero-order valence-corrected chi connectivity index (χ0v) is 9.70. The second kappa shape index (κ2) is 6.53. The number of hydrogen-bond donors (Lipinski definition) is 3. The predicted molar refractivity (Wildman–Crippen MR) is 59.9 cm³/mol. The van der Waals surface area contributed by atoms with Crippen LogP contribution in [-0.2, 0) is 14.2 Å². The molecule has 1 saturated heterocycles. The van der Waals surface area contributed by atoms with Gasteiger partial charge in [0.25, 0.3) is 0 Å². The molecule has 0 aromatic heterocycles. The molecule has 0 aromatic carbocycles. The van der Waals surface area contributed by atoms with Crippen LogP contribution in [0, 0.1) is 0 Å². The summed E-state index contributed by atoms with van der Waals surface area (Å²) in [6.07, 6.45) is -2.01. The first-order valence-electron chi connectivity index (χ1n) is 5.42. The summed E-state index contributed by atoms with van der Waals surface area (Å²) in [6, 6.07) is -0.248. The summed E-state index contributed by atoms with van der Waals surface area (Å²) in [7, 11) is 3.36. The van der Waals surface area contributed by atoms with E-state index in [1.165, 1.54) is 0 Å². The van der Waals surface area contributed by atoms with E-state index in [2.05, 4.69) is 0 Å². The monoisotopic (exact) mass is 233 g/mol. The van der Waals surface area contributed by atoms with Crippen LogP contribution in [-0.4, -0.2) is 75.3 Å². The highest BCUT2D eigenvalue weighted by atomic mass is 16.6. The number of nitrogens with two attached hydrogens (primary N) is 1. The first-order chi connectivity index (χ1) is 7.63. The summed E-state index contributed by atoms with van der Waals surface area (Å²) in [6.45, 7) is 0.453. The van der Waals surface area contributed by atoms with Crippen molar-refractivity contribution in [3.63, 3.8) is 0 Å². The van der Waals surface area contributed by atoms with E-state index in [0.717, 1.165) is 0 Å². The Morgan fingerprint density at radius 2 is 2.25 bits per heavy atom. The average molecular weight is 233 g/mol. The molecule has 5 atom stereocenters. The Kier molecular flexibility index (Phi) is 5.67. The van der Waals surface area contributed by atoms with Crippen LogP contribution in [0.1, 0.15) is 0 Å². The van der Waals surface area contributed by atoms with E-state index in [-0.39, 0.29) is 18.7 Å². The lowest BCUT2D eigenvalue weighted by Gasteiger charge is -2.21. The summed E-state index contributed by atoms with van der Waals surface area (Å²) in [5.41, 5.74) is 5.45. The van der Waals surface area contributed by atoms with Gasteiger partial charge >= 0.3 is 0 Å². The van der Waals surface area contributed by atoms with Crippen molar-refractivity contribution < 1.29 is 24.4 Å². The average Bonchev–Trinajstić information content (AvgIpc) is 2.56.